The van der Waals surface area contributed by atoms with Crippen LogP contribution in [0.5, 0.6) is 0 Å². The third-order valence-corrected chi connectivity index (χ3v) is 5.48. The zero-order valence-corrected chi connectivity index (χ0v) is 14.8. The Bertz CT molecular complexity index is 833. The van der Waals surface area contributed by atoms with Crippen LogP contribution in [0.15, 0.2) is 30.3 Å². The molecule has 0 spiro atoms. The summed E-state index contributed by atoms with van der Waals surface area (Å²) in [5, 5.41) is -13.7. The summed E-state index contributed by atoms with van der Waals surface area (Å²) in [5.41, 5.74) is -0.685. The van der Waals surface area contributed by atoms with Crippen molar-refractivity contribution in [1.29, 1.82) is 0 Å². The molecular weight excluding hydrogens is 484 g/mol. The maximum absolute atomic E-state index is 13.8. The van der Waals surface area contributed by atoms with Crippen LogP contribution in [0.25, 0.3) is 0 Å². The number of sulfone groups is 1. The second-order valence-electron chi connectivity index (χ2n) is 5.56. The van der Waals surface area contributed by atoms with Gasteiger partial charge in [-0.3, -0.25) is 0 Å². The first kappa shape index (κ1) is 25.7. The first-order valence-electron chi connectivity index (χ1n) is 6.80. The summed E-state index contributed by atoms with van der Waals surface area (Å²) in [6.07, 6.45) is 0. The van der Waals surface area contributed by atoms with Gasteiger partial charge in [0.15, 0.2) is 0 Å². The Hall–Kier alpha value is -1.38. The predicted octanol–water partition coefficient (Wildman–Crippen LogP) is 5.57. The van der Waals surface area contributed by atoms with Crippen molar-refractivity contribution >= 4 is 21.4 Å². The van der Waals surface area contributed by atoms with Crippen LogP contribution in [0, 0.1) is 0 Å². The fourth-order valence-electron chi connectivity index (χ4n) is 1.83. The van der Waals surface area contributed by atoms with Gasteiger partial charge < -0.3 is 0 Å². The average molecular weight is 491 g/mol. The fourth-order valence-corrected chi connectivity index (χ4v) is 3.28. The Morgan fingerprint density at radius 1 is 0.655 bits per heavy atom. The van der Waals surface area contributed by atoms with Gasteiger partial charge in [-0.2, -0.15) is 52.7 Å². The van der Waals surface area contributed by atoms with Gasteiger partial charge in [-0.15, -0.1) is 0 Å². The maximum atomic E-state index is 13.8. The molecule has 2 nitrogen and oxygen atoms in total. The summed E-state index contributed by atoms with van der Waals surface area (Å²) in [6.45, 7) is 0. The Balaban J connectivity index is 3.53. The largest absolute Gasteiger partial charge is 0.413 e. The van der Waals surface area contributed by atoms with E-state index < -0.39 is 55.5 Å². The Labute approximate surface area is 159 Å². The van der Waals surface area contributed by atoms with Gasteiger partial charge in [0.2, 0.25) is 9.84 Å². The third-order valence-electron chi connectivity index (χ3n) is 3.49. The van der Waals surface area contributed by atoms with E-state index >= 15 is 0 Å². The molecule has 0 saturated heterocycles. The number of hydrogen-bond donors (Lipinski definition) is 0. The van der Waals surface area contributed by atoms with Crippen LogP contribution in [-0.4, -0.2) is 42.7 Å². The van der Waals surface area contributed by atoms with Crippen LogP contribution in [0.2, 0.25) is 0 Å². The molecule has 29 heavy (non-hydrogen) atoms. The number of halogens is 13. The summed E-state index contributed by atoms with van der Waals surface area (Å²) >= 11 is 3.53. The monoisotopic (exact) mass is 490 g/mol. The lowest BCUT2D eigenvalue weighted by molar-refractivity contribution is -0.407. The van der Waals surface area contributed by atoms with E-state index in [1.54, 1.807) is 0 Å². The molecule has 168 valence electrons. The van der Waals surface area contributed by atoms with Gasteiger partial charge in [0, 0.05) is 0 Å². The summed E-state index contributed by atoms with van der Waals surface area (Å²) in [4.78, 5) is 0. The molecule has 0 aromatic heterocycles. The van der Waals surface area contributed by atoms with Gasteiger partial charge in [0.05, 0.1) is 5.75 Å². The van der Waals surface area contributed by atoms with Crippen LogP contribution in [0.1, 0.15) is 5.56 Å². The Morgan fingerprint density at radius 3 is 1.41 bits per heavy atom. The molecule has 1 aromatic carbocycles. The van der Waals surface area contributed by atoms with Crippen molar-refractivity contribution in [2.75, 3.05) is 0 Å². The van der Waals surface area contributed by atoms with Crippen molar-refractivity contribution in [1.82, 2.24) is 0 Å². The predicted molar refractivity (Wildman–Crippen MR) is 74.6 cm³/mol. The minimum atomic E-state index is -7.99. The van der Waals surface area contributed by atoms with Crippen molar-refractivity contribution in [2.45, 2.75) is 40.1 Å². The quantitative estimate of drug-likeness (QED) is 0.353. The molecular formula is C13H7ClF12O2S. The minimum absolute atomic E-state index is 0.685. The molecule has 0 atom stereocenters. The maximum Gasteiger partial charge on any atom is 0.413 e. The topological polar surface area (TPSA) is 34.1 Å². The van der Waals surface area contributed by atoms with E-state index in [-0.39, 0.29) is 0 Å². The molecule has 0 N–H and O–H groups in total. The van der Waals surface area contributed by atoms with E-state index in [0.717, 1.165) is 24.3 Å². The molecule has 0 saturated carbocycles. The van der Waals surface area contributed by atoms with E-state index in [1.807, 2.05) is 0 Å². The van der Waals surface area contributed by atoms with Gasteiger partial charge in [0.25, 0.3) is 0 Å². The highest BCUT2D eigenvalue weighted by Crippen LogP contribution is 2.61. The number of hydrogen-bond acceptors (Lipinski definition) is 2. The van der Waals surface area contributed by atoms with Gasteiger partial charge >= 0.3 is 34.3 Å². The molecule has 0 amide bonds. The number of benzene rings is 1. The Morgan fingerprint density at radius 2 is 1.03 bits per heavy atom. The third kappa shape index (κ3) is 3.75. The molecule has 0 heterocycles. The van der Waals surface area contributed by atoms with Crippen molar-refractivity contribution in [3.8, 4) is 0 Å². The summed E-state index contributed by atoms with van der Waals surface area (Å²) in [6, 6.07) is 4.72. The molecule has 1 rings (SSSR count). The highest BCUT2D eigenvalue weighted by molar-refractivity contribution is 7.91. The fraction of sp³-hybridized carbons (Fsp3) is 0.538. The molecule has 0 fully saturated rings. The summed E-state index contributed by atoms with van der Waals surface area (Å²) < 4.78 is 182. The summed E-state index contributed by atoms with van der Waals surface area (Å²) in [5.74, 6) is -33.2. The molecule has 16 heteroatoms. The lowest BCUT2D eigenvalue weighted by atomic mass is 9.98. The summed E-state index contributed by atoms with van der Waals surface area (Å²) in [7, 11) is -6.76. The molecule has 1 aromatic rings. The van der Waals surface area contributed by atoms with Crippen LogP contribution in [-0.2, 0) is 15.6 Å². The second-order valence-corrected chi connectivity index (χ2v) is 8.06. The smallest absolute Gasteiger partial charge is 0.222 e. The van der Waals surface area contributed by atoms with Crippen LogP contribution in [0.3, 0.4) is 0 Å². The van der Waals surface area contributed by atoms with E-state index in [0.29, 0.717) is 0 Å². The minimum Gasteiger partial charge on any atom is -0.222 e. The van der Waals surface area contributed by atoms with Crippen molar-refractivity contribution in [2.24, 2.45) is 0 Å². The van der Waals surface area contributed by atoms with Crippen molar-refractivity contribution in [3.63, 3.8) is 0 Å². The first-order chi connectivity index (χ1) is 12.6. The normalized spacial score (nSPS) is 15.5. The highest BCUT2D eigenvalue weighted by atomic mass is 35.5. The number of alkyl halides is 13. The van der Waals surface area contributed by atoms with Crippen LogP contribution in [0.4, 0.5) is 52.7 Å². The molecule has 0 bridgehead atoms. The molecule has 0 unspecified atom stereocenters. The molecule has 0 aliphatic carbocycles. The van der Waals surface area contributed by atoms with Gasteiger partial charge in [0.1, 0.15) is 0 Å². The lowest BCUT2D eigenvalue weighted by Gasteiger charge is -2.39. The van der Waals surface area contributed by atoms with Gasteiger partial charge in [-0.05, 0) is 17.2 Å². The first-order valence-corrected chi connectivity index (χ1v) is 8.83. The lowest BCUT2D eigenvalue weighted by Crippen LogP contribution is -2.71. The van der Waals surface area contributed by atoms with Crippen LogP contribution >= 0.6 is 11.6 Å². The Kier molecular flexibility index (Phi) is 6.28. The van der Waals surface area contributed by atoms with Gasteiger partial charge in [-0.25, -0.2) is 8.42 Å². The van der Waals surface area contributed by atoms with E-state index in [4.69, 9.17) is 0 Å². The van der Waals surface area contributed by atoms with Crippen LogP contribution < -0.4 is 0 Å². The van der Waals surface area contributed by atoms with E-state index in [9.17, 15) is 61.1 Å². The zero-order valence-electron chi connectivity index (χ0n) is 13.2. The number of rotatable bonds is 8. The van der Waals surface area contributed by atoms with E-state index in [1.165, 1.54) is 6.07 Å². The van der Waals surface area contributed by atoms with Crippen molar-refractivity contribution < 1.29 is 61.1 Å². The molecule has 0 aliphatic rings. The highest BCUT2D eigenvalue weighted by Gasteiger charge is 2.91. The zero-order chi connectivity index (χ0) is 23.3. The SMILES string of the molecule is O=S(=O)(Cc1ccccc1)C(F)(F)C(F)(F)C(F)(F)C(F)(F)C(F)(F)C(F)(F)Cl. The van der Waals surface area contributed by atoms with Crippen molar-refractivity contribution in [3.05, 3.63) is 35.9 Å². The second kappa shape index (κ2) is 7.10. The average Bonchev–Trinajstić information content (AvgIpc) is 2.53. The standard InChI is InChI=1S/C13H7ClF12O2S/c14-12(23,24)10(19,20)8(15,16)9(17,18)11(21,22)13(25,26)29(27,28)6-7-4-2-1-3-5-7/h1-5H,6H2. The molecule has 0 radical (unpaired) electrons. The van der Waals surface area contributed by atoms with E-state index in [2.05, 4.69) is 11.6 Å². The van der Waals surface area contributed by atoms with Gasteiger partial charge in [-0.1, -0.05) is 30.3 Å². The molecule has 0 aliphatic heterocycles.